The molecule has 2 heterocycles. The van der Waals surface area contributed by atoms with Gasteiger partial charge >= 0.3 is 16.2 Å². The summed E-state index contributed by atoms with van der Waals surface area (Å²) in [6.45, 7) is 3.99. The summed E-state index contributed by atoms with van der Waals surface area (Å²) in [5, 5.41) is 5.55. The zero-order chi connectivity index (χ0) is 25.4. The molecule has 0 saturated carbocycles. The molecule has 0 aromatic heterocycles. The summed E-state index contributed by atoms with van der Waals surface area (Å²) in [4.78, 5) is 28.2. The maximum absolute atomic E-state index is 13.4. The van der Waals surface area contributed by atoms with Gasteiger partial charge in [-0.1, -0.05) is 60.7 Å². The summed E-state index contributed by atoms with van der Waals surface area (Å²) in [6, 6.07) is 16.9. The van der Waals surface area contributed by atoms with Crippen molar-refractivity contribution in [1.29, 1.82) is 0 Å². The fourth-order valence-corrected chi connectivity index (χ4v) is 5.97. The van der Waals surface area contributed by atoms with Crippen LogP contribution in [0.15, 0.2) is 60.7 Å². The van der Waals surface area contributed by atoms with Crippen molar-refractivity contribution in [3.8, 4) is 0 Å². The van der Waals surface area contributed by atoms with Crippen LogP contribution in [0.5, 0.6) is 0 Å². The maximum Gasteiger partial charge on any atom is 0.332 e. The lowest BCUT2D eigenvalue weighted by atomic mass is 10.1. The van der Waals surface area contributed by atoms with E-state index in [1.807, 2.05) is 48.5 Å². The maximum atomic E-state index is 13.4. The minimum Gasteiger partial charge on any atom is -0.379 e. The highest BCUT2D eigenvalue weighted by atomic mass is 32.2. The number of rotatable bonds is 9. The summed E-state index contributed by atoms with van der Waals surface area (Å²) in [5.41, 5.74) is 1.77. The van der Waals surface area contributed by atoms with Crippen molar-refractivity contribution in [3.05, 3.63) is 71.8 Å². The van der Waals surface area contributed by atoms with Gasteiger partial charge in [-0.05, 0) is 17.5 Å². The quantitative estimate of drug-likeness (QED) is 0.512. The molecule has 2 aromatic carbocycles. The molecule has 3 amide bonds. The Kier molecular flexibility index (Phi) is 8.92. The molecule has 2 N–H and O–H groups in total. The molecule has 0 bridgehead atoms. The predicted molar refractivity (Wildman–Crippen MR) is 135 cm³/mol. The van der Waals surface area contributed by atoms with E-state index in [0.717, 1.165) is 32.8 Å². The van der Waals surface area contributed by atoms with Gasteiger partial charge in [-0.2, -0.15) is 12.7 Å². The van der Waals surface area contributed by atoms with Gasteiger partial charge in [0.25, 0.3) is 0 Å². The molecule has 0 spiro atoms. The van der Waals surface area contributed by atoms with E-state index in [2.05, 4.69) is 15.5 Å². The van der Waals surface area contributed by atoms with Crippen LogP contribution in [0.1, 0.15) is 11.1 Å². The van der Waals surface area contributed by atoms with E-state index in [4.69, 9.17) is 4.74 Å². The van der Waals surface area contributed by atoms with Crippen molar-refractivity contribution in [2.24, 2.45) is 0 Å². The molecule has 10 nitrogen and oxygen atoms in total. The number of ether oxygens (including phenoxy) is 1. The highest BCUT2D eigenvalue weighted by molar-refractivity contribution is 7.87. The SMILES string of the molecule is O=C(NCCN1CCOCC1)C1CN(C(=O)NCCc2ccccc2)S(=O)(=O)N1Cc1ccccc1. The lowest BCUT2D eigenvalue weighted by Crippen LogP contribution is -2.48. The number of urea groups is 1. The van der Waals surface area contributed by atoms with Crippen LogP contribution >= 0.6 is 0 Å². The van der Waals surface area contributed by atoms with Gasteiger partial charge in [-0.3, -0.25) is 9.69 Å². The van der Waals surface area contributed by atoms with Crippen LogP contribution in [0.25, 0.3) is 0 Å². The van der Waals surface area contributed by atoms with Gasteiger partial charge in [0.2, 0.25) is 5.91 Å². The fourth-order valence-electron chi connectivity index (χ4n) is 4.31. The standard InChI is InChI=1S/C25H33N5O5S/c31-24(26-13-14-28-15-17-35-18-16-28)23-20-30(25(32)27-12-11-21-7-3-1-4-8-21)36(33,34)29(23)19-22-9-5-2-6-10-22/h1-10,23H,11-20H2,(H,26,31)(H,27,32). The third kappa shape index (κ3) is 6.61. The Morgan fingerprint density at radius 2 is 1.53 bits per heavy atom. The monoisotopic (exact) mass is 515 g/mol. The van der Waals surface area contributed by atoms with Gasteiger partial charge in [0, 0.05) is 39.3 Å². The Balaban J connectivity index is 1.42. The summed E-state index contributed by atoms with van der Waals surface area (Å²) in [7, 11) is -4.19. The van der Waals surface area contributed by atoms with Crippen LogP contribution in [0.3, 0.4) is 0 Å². The highest BCUT2D eigenvalue weighted by Crippen LogP contribution is 2.25. The van der Waals surface area contributed by atoms with E-state index in [-0.39, 0.29) is 19.6 Å². The topological polar surface area (TPSA) is 111 Å². The third-order valence-corrected chi connectivity index (χ3v) is 8.18. The van der Waals surface area contributed by atoms with E-state index >= 15 is 0 Å². The molecule has 4 rings (SSSR count). The second kappa shape index (κ2) is 12.3. The van der Waals surface area contributed by atoms with E-state index in [9.17, 15) is 18.0 Å². The second-order valence-corrected chi connectivity index (χ2v) is 10.6. The summed E-state index contributed by atoms with van der Waals surface area (Å²) in [6.07, 6.45) is 0.569. The van der Waals surface area contributed by atoms with E-state index in [1.165, 1.54) is 0 Å². The highest BCUT2D eigenvalue weighted by Gasteiger charge is 2.49. The van der Waals surface area contributed by atoms with Crippen molar-refractivity contribution in [3.63, 3.8) is 0 Å². The zero-order valence-electron chi connectivity index (χ0n) is 20.2. The molecular weight excluding hydrogens is 482 g/mol. The number of hydrogen-bond donors (Lipinski definition) is 2. The number of carbonyl (C=O) groups excluding carboxylic acids is 2. The van der Waals surface area contributed by atoms with Gasteiger partial charge < -0.3 is 15.4 Å². The molecule has 2 aliphatic rings. The van der Waals surface area contributed by atoms with E-state index < -0.39 is 28.2 Å². The van der Waals surface area contributed by atoms with Gasteiger partial charge in [0.05, 0.1) is 19.8 Å². The number of benzene rings is 2. The Morgan fingerprint density at radius 3 is 2.19 bits per heavy atom. The first-order valence-corrected chi connectivity index (χ1v) is 13.6. The minimum absolute atomic E-state index is 0.00147. The number of carbonyl (C=O) groups is 2. The number of hydrogen-bond acceptors (Lipinski definition) is 6. The Morgan fingerprint density at radius 1 is 0.889 bits per heavy atom. The molecule has 1 unspecified atom stereocenters. The van der Waals surface area contributed by atoms with Crippen LogP contribution in [-0.2, 0) is 32.7 Å². The van der Waals surface area contributed by atoms with E-state index in [0.29, 0.717) is 32.7 Å². The van der Waals surface area contributed by atoms with Crippen molar-refractivity contribution in [2.75, 3.05) is 52.5 Å². The molecular formula is C25H33N5O5S. The molecule has 2 fully saturated rings. The first-order valence-electron chi connectivity index (χ1n) is 12.2. The molecule has 2 aliphatic heterocycles. The predicted octanol–water partition coefficient (Wildman–Crippen LogP) is 0.818. The second-order valence-electron chi connectivity index (χ2n) is 8.80. The number of morpholine rings is 1. The first kappa shape index (κ1) is 26.1. The molecule has 1 atom stereocenters. The smallest absolute Gasteiger partial charge is 0.332 e. The minimum atomic E-state index is -4.19. The van der Waals surface area contributed by atoms with Gasteiger partial charge in [-0.15, -0.1) is 0 Å². The van der Waals surface area contributed by atoms with E-state index in [1.54, 1.807) is 12.1 Å². The molecule has 194 valence electrons. The Labute approximate surface area is 212 Å². The normalized spacial score (nSPS) is 20.2. The Bertz CT molecular complexity index is 1110. The van der Waals surface area contributed by atoms with Crippen molar-refractivity contribution in [1.82, 2.24) is 24.1 Å². The van der Waals surface area contributed by atoms with Gasteiger partial charge in [0.15, 0.2) is 0 Å². The van der Waals surface area contributed by atoms with Crippen LogP contribution in [0.2, 0.25) is 0 Å². The fraction of sp³-hybridized carbons (Fsp3) is 0.440. The molecule has 2 saturated heterocycles. The summed E-state index contributed by atoms with van der Waals surface area (Å²) < 4.78 is 34.0. The Hall–Kier alpha value is -2.99. The molecule has 2 aromatic rings. The number of nitrogens with one attached hydrogen (secondary N) is 2. The van der Waals surface area contributed by atoms with Gasteiger partial charge in [0.1, 0.15) is 6.04 Å². The molecule has 11 heteroatoms. The van der Waals surface area contributed by atoms with Crippen molar-refractivity contribution >= 4 is 22.1 Å². The number of amides is 3. The average Bonchev–Trinajstić information content (AvgIpc) is 3.16. The van der Waals surface area contributed by atoms with Gasteiger partial charge in [-0.25, -0.2) is 9.10 Å². The van der Waals surface area contributed by atoms with Crippen molar-refractivity contribution < 1.29 is 22.7 Å². The summed E-state index contributed by atoms with van der Waals surface area (Å²) in [5.74, 6) is -0.414. The first-order chi connectivity index (χ1) is 17.4. The van der Waals surface area contributed by atoms with Crippen molar-refractivity contribution in [2.45, 2.75) is 19.0 Å². The molecule has 0 aliphatic carbocycles. The average molecular weight is 516 g/mol. The molecule has 0 radical (unpaired) electrons. The lowest BCUT2D eigenvalue weighted by molar-refractivity contribution is -0.124. The number of nitrogens with zero attached hydrogens (tertiary/aromatic N) is 3. The largest absolute Gasteiger partial charge is 0.379 e. The summed E-state index contributed by atoms with van der Waals surface area (Å²) >= 11 is 0. The molecule has 36 heavy (non-hydrogen) atoms. The van der Waals surface area contributed by atoms with Crippen LogP contribution in [0, 0.1) is 0 Å². The lowest BCUT2D eigenvalue weighted by Gasteiger charge is -2.27. The zero-order valence-corrected chi connectivity index (χ0v) is 21.0. The van der Waals surface area contributed by atoms with Crippen LogP contribution in [-0.4, -0.2) is 92.4 Å². The van der Waals surface area contributed by atoms with Crippen LogP contribution < -0.4 is 10.6 Å². The third-order valence-electron chi connectivity index (χ3n) is 6.34. The van der Waals surface area contributed by atoms with Crippen LogP contribution in [0.4, 0.5) is 4.79 Å².